The van der Waals surface area contributed by atoms with E-state index in [4.69, 9.17) is 10.2 Å². The molecule has 114 valence electrons. The van der Waals surface area contributed by atoms with Crippen molar-refractivity contribution in [3.63, 3.8) is 0 Å². The first-order valence-electron chi connectivity index (χ1n) is 6.94. The molecular formula is C15H21N3O2S. The number of furan rings is 1. The highest BCUT2D eigenvalue weighted by Gasteiger charge is 2.27. The first kappa shape index (κ1) is 15.7. The quantitative estimate of drug-likeness (QED) is 0.860. The lowest BCUT2D eigenvalue weighted by atomic mass is 9.90. The number of carbonyl (C=O) groups excluding carboxylic acids is 1. The van der Waals surface area contributed by atoms with Gasteiger partial charge in [0.05, 0.1) is 11.8 Å². The third kappa shape index (κ3) is 3.92. The Hall–Kier alpha value is -1.66. The fourth-order valence-electron chi connectivity index (χ4n) is 2.32. The Morgan fingerprint density at radius 2 is 2.33 bits per heavy atom. The van der Waals surface area contributed by atoms with E-state index in [2.05, 4.69) is 24.1 Å². The monoisotopic (exact) mass is 307 g/mol. The van der Waals surface area contributed by atoms with Crippen molar-refractivity contribution in [2.75, 3.05) is 6.54 Å². The Kier molecular flexibility index (Phi) is 4.80. The molecule has 0 spiro atoms. The topological polar surface area (TPSA) is 81.1 Å². The molecule has 0 saturated carbocycles. The molecule has 2 rings (SSSR count). The summed E-state index contributed by atoms with van der Waals surface area (Å²) in [5.41, 5.74) is 6.70. The van der Waals surface area contributed by atoms with Gasteiger partial charge in [-0.25, -0.2) is 4.98 Å². The Bertz CT molecular complexity index is 592. The summed E-state index contributed by atoms with van der Waals surface area (Å²) in [5.74, 6) is 0.269. The molecule has 1 atom stereocenters. The number of aromatic nitrogens is 1. The molecule has 0 saturated heterocycles. The molecule has 21 heavy (non-hydrogen) atoms. The fraction of sp³-hybridized carbons (Fsp3) is 0.467. The van der Waals surface area contributed by atoms with Crippen LogP contribution in [0.2, 0.25) is 0 Å². The van der Waals surface area contributed by atoms with Crippen LogP contribution in [0.3, 0.4) is 0 Å². The molecule has 1 amide bonds. The van der Waals surface area contributed by atoms with Crippen LogP contribution in [0.25, 0.3) is 10.6 Å². The van der Waals surface area contributed by atoms with Crippen LogP contribution >= 0.6 is 11.3 Å². The molecule has 0 aliphatic carbocycles. The van der Waals surface area contributed by atoms with Crippen LogP contribution in [-0.4, -0.2) is 23.0 Å². The summed E-state index contributed by atoms with van der Waals surface area (Å²) in [6, 6.07) is 1.82. The van der Waals surface area contributed by atoms with Gasteiger partial charge in [-0.15, -0.1) is 11.3 Å². The smallest absolute Gasteiger partial charge is 0.271 e. The van der Waals surface area contributed by atoms with Crippen LogP contribution < -0.4 is 11.1 Å². The minimum absolute atomic E-state index is 0.186. The molecule has 2 aromatic heterocycles. The predicted octanol–water partition coefficient (Wildman–Crippen LogP) is 2.90. The van der Waals surface area contributed by atoms with Crippen LogP contribution in [0.5, 0.6) is 0 Å². The summed E-state index contributed by atoms with van der Waals surface area (Å²) in [6.07, 6.45) is 4.03. The van der Waals surface area contributed by atoms with Gasteiger partial charge in [-0.05, 0) is 25.3 Å². The molecule has 0 bridgehead atoms. The lowest BCUT2D eigenvalue weighted by Gasteiger charge is -2.30. The minimum Gasteiger partial charge on any atom is -0.472 e. The standard InChI is InChI=1S/C15H21N3O2S/c1-10(2)6-15(3,9-16)18-13(19)12-8-21-14(17-12)11-4-5-20-7-11/h4-5,7-8,10H,6,9,16H2,1-3H3,(H,18,19). The van der Waals surface area contributed by atoms with E-state index in [9.17, 15) is 4.79 Å². The molecule has 0 aromatic carbocycles. The lowest BCUT2D eigenvalue weighted by Crippen LogP contribution is -2.52. The zero-order valence-electron chi connectivity index (χ0n) is 12.6. The molecule has 6 heteroatoms. The summed E-state index contributed by atoms with van der Waals surface area (Å²) < 4.78 is 5.03. The normalized spacial score (nSPS) is 14.1. The SMILES string of the molecule is CC(C)CC(C)(CN)NC(=O)c1csc(-c2ccoc2)n1. The van der Waals surface area contributed by atoms with Crippen LogP contribution in [0.4, 0.5) is 0 Å². The van der Waals surface area contributed by atoms with Crippen molar-refractivity contribution in [3.05, 3.63) is 29.7 Å². The number of amides is 1. The van der Waals surface area contributed by atoms with E-state index in [0.29, 0.717) is 18.2 Å². The number of nitrogens with one attached hydrogen (secondary N) is 1. The molecule has 0 fully saturated rings. The van der Waals surface area contributed by atoms with Gasteiger partial charge < -0.3 is 15.5 Å². The number of hydrogen-bond acceptors (Lipinski definition) is 5. The van der Waals surface area contributed by atoms with Gasteiger partial charge in [-0.1, -0.05) is 13.8 Å². The van der Waals surface area contributed by atoms with E-state index in [1.54, 1.807) is 17.9 Å². The van der Waals surface area contributed by atoms with Crippen LogP contribution in [0, 0.1) is 5.92 Å². The zero-order valence-corrected chi connectivity index (χ0v) is 13.4. The Labute approximate surface area is 128 Å². The first-order chi connectivity index (χ1) is 9.93. The second kappa shape index (κ2) is 6.41. The Balaban J connectivity index is 2.10. The van der Waals surface area contributed by atoms with E-state index < -0.39 is 5.54 Å². The maximum atomic E-state index is 12.3. The van der Waals surface area contributed by atoms with Gasteiger partial charge in [0.25, 0.3) is 5.91 Å². The lowest BCUT2D eigenvalue weighted by molar-refractivity contribution is 0.0894. The van der Waals surface area contributed by atoms with Crippen molar-refractivity contribution >= 4 is 17.2 Å². The maximum Gasteiger partial charge on any atom is 0.271 e. The third-order valence-electron chi connectivity index (χ3n) is 3.23. The molecule has 2 heterocycles. The maximum absolute atomic E-state index is 12.3. The van der Waals surface area contributed by atoms with Gasteiger partial charge in [0, 0.05) is 17.5 Å². The van der Waals surface area contributed by atoms with E-state index in [1.807, 2.05) is 13.0 Å². The highest BCUT2D eigenvalue weighted by molar-refractivity contribution is 7.13. The third-order valence-corrected chi connectivity index (χ3v) is 4.12. The average molecular weight is 307 g/mol. The molecule has 0 aliphatic rings. The van der Waals surface area contributed by atoms with Crippen molar-refractivity contribution in [1.82, 2.24) is 10.3 Å². The molecule has 2 aromatic rings. The van der Waals surface area contributed by atoms with E-state index in [0.717, 1.165) is 17.0 Å². The molecule has 0 radical (unpaired) electrons. The number of carbonyl (C=O) groups is 1. The average Bonchev–Trinajstić information content (AvgIpc) is 3.08. The van der Waals surface area contributed by atoms with E-state index >= 15 is 0 Å². The van der Waals surface area contributed by atoms with Gasteiger partial charge in [-0.2, -0.15) is 0 Å². The van der Waals surface area contributed by atoms with Crippen molar-refractivity contribution < 1.29 is 9.21 Å². The fourth-order valence-corrected chi connectivity index (χ4v) is 3.11. The van der Waals surface area contributed by atoms with E-state index in [-0.39, 0.29) is 5.91 Å². The van der Waals surface area contributed by atoms with Gasteiger partial charge in [0.1, 0.15) is 17.0 Å². The Morgan fingerprint density at radius 1 is 1.57 bits per heavy atom. The molecule has 3 N–H and O–H groups in total. The van der Waals surface area contributed by atoms with Crippen LogP contribution in [0.15, 0.2) is 28.4 Å². The predicted molar refractivity (Wildman–Crippen MR) is 84.2 cm³/mol. The Morgan fingerprint density at radius 3 is 2.90 bits per heavy atom. The summed E-state index contributed by atoms with van der Waals surface area (Å²) in [7, 11) is 0. The largest absolute Gasteiger partial charge is 0.472 e. The summed E-state index contributed by atoms with van der Waals surface area (Å²) >= 11 is 1.42. The van der Waals surface area contributed by atoms with Crippen LogP contribution in [-0.2, 0) is 0 Å². The molecular weight excluding hydrogens is 286 g/mol. The van der Waals surface area contributed by atoms with Gasteiger partial charge >= 0.3 is 0 Å². The minimum atomic E-state index is -0.412. The second-order valence-corrected chi connectivity index (χ2v) is 6.72. The van der Waals surface area contributed by atoms with Crippen molar-refractivity contribution in [2.24, 2.45) is 11.7 Å². The number of rotatable bonds is 6. The van der Waals surface area contributed by atoms with Gasteiger partial charge in [0.2, 0.25) is 0 Å². The first-order valence-corrected chi connectivity index (χ1v) is 7.82. The van der Waals surface area contributed by atoms with E-state index in [1.165, 1.54) is 11.3 Å². The highest BCUT2D eigenvalue weighted by Crippen LogP contribution is 2.24. The summed E-state index contributed by atoms with van der Waals surface area (Å²) in [5, 5.41) is 5.53. The number of nitrogens with two attached hydrogens (primary N) is 1. The van der Waals surface area contributed by atoms with Crippen LogP contribution in [0.1, 0.15) is 37.7 Å². The molecule has 0 aliphatic heterocycles. The number of hydrogen-bond donors (Lipinski definition) is 2. The summed E-state index contributed by atoms with van der Waals surface area (Å²) in [4.78, 5) is 16.7. The van der Waals surface area contributed by atoms with Crippen molar-refractivity contribution in [1.29, 1.82) is 0 Å². The zero-order chi connectivity index (χ0) is 15.5. The van der Waals surface area contributed by atoms with Crippen molar-refractivity contribution in [2.45, 2.75) is 32.7 Å². The summed E-state index contributed by atoms with van der Waals surface area (Å²) in [6.45, 7) is 6.59. The van der Waals surface area contributed by atoms with Gasteiger partial charge in [-0.3, -0.25) is 4.79 Å². The van der Waals surface area contributed by atoms with Gasteiger partial charge in [0.15, 0.2) is 0 Å². The highest BCUT2D eigenvalue weighted by atomic mass is 32.1. The molecule has 1 unspecified atom stereocenters. The second-order valence-electron chi connectivity index (χ2n) is 5.87. The number of thiazole rings is 1. The van der Waals surface area contributed by atoms with Crippen molar-refractivity contribution in [3.8, 4) is 10.6 Å². The number of nitrogens with zero attached hydrogens (tertiary/aromatic N) is 1. The molecule has 5 nitrogen and oxygen atoms in total.